The van der Waals surface area contributed by atoms with Crippen molar-refractivity contribution in [1.29, 1.82) is 0 Å². The third-order valence-electron chi connectivity index (χ3n) is 3.02. The molecule has 118 valence electrons. The molecule has 22 heavy (non-hydrogen) atoms. The average Bonchev–Trinajstić information content (AvgIpc) is 2.49. The van der Waals surface area contributed by atoms with Gasteiger partial charge >= 0.3 is 7.60 Å². The topological polar surface area (TPSA) is 61.3 Å². The second-order valence-corrected chi connectivity index (χ2v) is 6.94. The predicted molar refractivity (Wildman–Crippen MR) is 86.8 cm³/mol. The minimum absolute atomic E-state index is 0.268. The normalized spacial score (nSPS) is 11.6. The Balaban J connectivity index is 2.14. The highest BCUT2D eigenvalue weighted by Gasteiger charge is 2.23. The van der Waals surface area contributed by atoms with E-state index in [1.54, 1.807) is 12.4 Å². The zero-order valence-corrected chi connectivity index (χ0v) is 14.0. The van der Waals surface area contributed by atoms with Crippen molar-refractivity contribution < 1.29 is 13.6 Å². The highest BCUT2D eigenvalue weighted by Crippen LogP contribution is 2.51. The van der Waals surface area contributed by atoms with Gasteiger partial charge in [-0.2, -0.15) is 0 Å². The van der Waals surface area contributed by atoms with Crippen molar-refractivity contribution in [3.63, 3.8) is 0 Å². The Morgan fingerprint density at radius 3 is 2.05 bits per heavy atom. The Bertz CT molecular complexity index is 631. The van der Waals surface area contributed by atoms with Crippen LogP contribution in [0.15, 0.2) is 36.7 Å². The smallest absolute Gasteiger partial charge is 0.309 e. The van der Waals surface area contributed by atoms with Crippen LogP contribution in [0.1, 0.15) is 25.0 Å². The maximum Gasteiger partial charge on any atom is 0.335 e. The van der Waals surface area contributed by atoms with E-state index >= 15 is 0 Å². The Kier molecular flexibility index (Phi) is 5.83. The molecule has 1 aromatic heterocycles. The molecule has 0 atom stereocenters. The largest absolute Gasteiger partial charge is 0.335 e. The summed E-state index contributed by atoms with van der Waals surface area (Å²) < 4.78 is 23.1. The SMILES string of the molecule is CCOP(=O)(Cc1ccc(-c2ncc(C)cn2)cc1)OCC. The summed E-state index contributed by atoms with van der Waals surface area (Å²) in [6.07, 6.45) is 3.84. The number of rotatable bonds is 7. The second kappa shape index (κ2) is 7.63. The van der Waals surface area contributed by atoms with Gasteiger partial charge in [0.15, 0.2) is 5.82 Å². The van der Waals surface area contributed by atoms with Crippen LogP contribution in [0.5, 0.6) is 0 Å². The number of hydrogen-bond acceptors (Lipinski definition) is 5. The third-order valence-corrected chi connectivity index (χ3v) is 5.08. The standard InChI is InChI=1S/C16H21N2O3P/c1-4-20-22(19,21-5-2)12-14-6-8-15(9-7-14)16-17-10-13(3)11-18-16/h6-11H,4-5,12H2,1-3H3. The maximum absolute atomic E-state index is 12.5. The molecule has 0 unspecified atom stereocenters. The van der Waals surface area contributed by atoms with Gasteiger partial charge in [0.25, 0.3) is 0 Å². The summed E-state index contributed by atoms with van der Waals surface area (Å²) in [5, 5.41) is 0. The van der Waals surface area contributed by atoms with E-state index in [9.17, 15) is 4.57 Å². The average molecular weight is 320 g/mol. The van der Waals surface area contributed by atoms with Crippen molar-refractivity contribution in [2.75, 3.05) is 13.2 Å². The fourth-order valence-electron chi connectivity index (χ4n) is 2.05. The monoisotopic (exact) mass is 320 g/mol. The molecule has 0 saturated heterocycles. The van der Waals surface area contributed by atoms with Crippen LogP contribution in [0.3, 0.4) is 0 Å². The van der Waals surface area contributed by atoms with Crippen LogP contribution in [0, 0.1) is 6.92 Å². The molecule has 0 radical (unpaired) electrons. The Morgan fingerprint density at radius 2 is 1.55 bits per heavy atom. The minimum atomic E-state index is -3.07. The zero-order valence-electron chi connectivity index (χ0n) is 13.2. The van der Waals surface area contributed by atoms with Crippen LogP contribution >= 0.6 is 7.60 Å². The summed E-state index contributed by atoms with van der Waals surface area (Å²) in [4.78, 5) is 8.59. The molecule has 0 N–H and O–H groups in total. The molecule has 0 aliphatic carbocycles. The summed E-state index contributed by atoms with van der Waals surface area (Å²) in [5.41, 5.74) is 2.85. The zero-order chi connectivity index (χ0) is 16.0. The van der Waals surface area contributed by atoms with Crippen molar-refractivity contribution in [3.05, 3.63) is 47.8 Å². The summed E-state index contributed by atoms with van der Waals surface area (Å²) >= 11 is 0. The molecule has 2 aromatic rings. The van der Waals surface area contributed by atoms with E-state index in [0.29, 0.717) is 19.0 Å². The number of nitrogens with zero attached hydrogens (tertiary/aromatic N) is 2. The highest BCUT2D eigenvalue weighted by atomic mass is 31.2. The van der Waals surface area contributed by atoms with Crippen LogP contribution in [0.25, 0.3) is 11.4 Å². The lowest BCUT2D eigenvalue weighted by Gasteiger charge is -2.17. The van der Waals surface area contributed by atoms with Gasteiger partial charge < -0.3 is 9.05 Å². The van der Waals surface area contributed by atoms with Gasteiger partial charge in [0.1, 0.15) is 0 Å². The van der Waals surface area contributed by atoms with E-state index in [1.807, 2.05) is 45.0 Å². The maximum atomic E-state index is 12.5. The number of aromatic nitrogens is 2. The quantitative estimate of drug-likeness (QED) is 0.715. The first-order valence-electron chi connectivity index (χ1n) is 7.32. The van der Waals surface area contributed by atoms with Gasteiger partial charge in [-0.1, -0.05) is 24.3 Å². The van der Waals surface area contributed by atoms with Crippen molar-refractivity contribution in [2.24, 2.45) is 0 Å². The molecule has 0 aliphatic heterocycles. The van der Waals surface area contributed by atoms with E-state index in [-0.39, 0.29) is 6.16 Å². The molecule has 0 aliphatic rings. The molecule has 0 fully saturated rings. The molecule has 0 amide bonds. The van der Waals surface area contributed by atoms with Crippen molar-refractivity contribution >= 4 is 7.60 Å². The van der Waals surface area contributed by atoms with Crippen LogP contribution in [-0.2, 0) is 19.8 Å². The first kappa shape index (κ1) is 16.8. The first-order valence-corrected chi connectivity index (χ1v) is 9.05. The lowest BCUT2D eigenvalue weighted by atomic mass is 10.1. The van der Waals surface area contributed by atoms with Gasteiger partial charge in [0.2, 0.25) is 0 Å². The fourth-order valence-corrected chi connectivity index (χ4v) is 3.75. The second-order valence-electron chi connectivity index (χ2n) is 4.89. The van der Waals surface area contributed by atoms with E-state index in [4.69, 9.17) is 9.05 Å². The summed E-state index contributed by atoms with van der Waals surface area (Å²) in [7, 11) is -3.07. The number of aryl methyl sites for hydroxylation is 1. The van der Waals surface area contributed by atoms with Gasteiger partial charge in [0, 0.05) is 18.0 Å². The van der Waals surface area contributed by atoms with Crippen LogP contribution in [0.2, 0.25) is 0 Å². The lowest BCUT2D eigenvalue weighted by molar-refractivity contribution is 0.219. The van der Waals surface area contributed by atoms with E-state index in [1.165, 1.54) is 0 Å². The van der Waals surface area contributed by atoms with Crippen molar-refractivity contribution in [1.82, 2.24) is 9.97 Å². The fraction of sp³-hybridized carbons (Fsp3) is 0.375. The number of benzene rings is 1. The summed E-state index contributed by atoms with van der Waals surface area (Å²) in [6, 6.07) is 7.65. The summed E-state index contributed by atoms with van der Waals surface area (Å²) in [5.74, 6) is 0.676. The van der Waals surface area contributed by atoms with E-state index in [0.717, 1.165) is 16.7 Å². The molecule has 1 aromatic carbocycles. The molecule has 2 rings (SSSR count). The van der Waals surface area contributed by atoms with E-state index in [2.05, 4.69) is 9.97 Å². The number of hydrogen-bond donors (Lipinski definition) is 0. The molecule has 0 spiro atoms. The van der Waals surface area contributed by atoms with Gasteiger partial charge in [-0.3, -0.25) is 4.57 Å². The molecule has 5 nitrogen and oxygen atoms in total. The van der Waals surface area contributed by atoms with Crippen LogP contribution in [-0.4, -0.2) is 23.2 Å². The molecule has 0 saturated carbocycles. The summed E-state index contributed by atoms with van der Waals surface area (Å²) in [6.45, 7) is 6.30. The Labute approximate surface area is 131 Å². The molecule has 1 heterocycles. The van der Waals surface area contributed by atoms with Gasteiger partial charge in [0.05, 0.1) is 19.4 Å². The van der Waals surface area contributed by atoms with Crippen LogP contribution in [0.4, 0.5) is 0 Å². The third kappa shape index (κ3) is 4.47. The van der Waals surface area contributed by atoms with Crippen molar-refractivity contribution in [2.45, 2.75) is 26.9 Å². The minimum Gasteiger partial charge on any atom is -0.309 e. The first-order chi connectivity index (χ1) is 10.6. The van der Waals surface area contributed by atoms with Crippen molar-refractivity contribution in [3.8, 4) is 11.4 Å². The molecule has 6 heteroatoms. The van der Waals surface area contributed by atoms with E-state index < -0.39 is 7.60 Å². The van der Waals surface area contributed by atoms with Gasteiger partial charge in [-0.05, 0) is 31.9 Å². The molecular formula is C16H21N2O3P. The van der Waals surface area contributed by atoms with Crippen LogP contribution < -0.4 is 0 Å². The Morgan fingerprint density at radius 1 is 1.00 bits per heavy atom. The van der Waals surface area contributed by atoms with Gasteiger partial charge in [-0.25, -0.2) is 9.97 Å². The lowest BCUT2D eigenvalue weighted by Crippen LogP contribution is -1.99. The molecular weight excluding hydrogens is 299 g/mol. The Hall–Kier alpha value is -1.55. The molecule has 0 bridgehead atoms. The predicted octanol–water partition coefficient (Wildman–Crippen LogP) is 4.22. The highest BCUT2D eigenvalue weighted by molar-refractivity contribution is 7.53. The van der Waals surface area contributed by atoms with Gasteiger partial charge in [-0.15, -0.1) is 0 Å².